The van der Waals surface area contributed by atoms with Crippen LogP contribution in [0, 0.1) is 0 Å². The Morgan fingerprint density at radius 2 is 1.65 bits per heavy atom. The third-order valence-electron chi connectivity index (χ3n) is 3.27. The number of rotatable bonds is 7. The smallest absolute Gasteiger partial charge is 0.304 e. The van der Waals surface area contributed by atoms with Crippen LogP contribution >= 0.6 is 0 Å². The van der Waals surface area contributed by atoms with Crippen molar-refractivity contribution < 1.29 is 24.1 Å². The number of hydrogen-bond acceptors (Lipinski definition) is 4. The van der Waals surface area contributed by atoms with Gasteiger partial charge >= 0.3 is 5.97 Å². The van der Waals surface area contributed by atoms with Gasteiger partial charge in [-0.15, -0.1) is 0 Å². The van der Waals surface area contributed by atoms with Crippen LogP contribution in [0.25, 0.3) is 0 Å². The average Bonchev–Trinajstić information content (AvgIpc) is 2.37. The Bertz CT molecular complexity index is 454. The molecule has 0 saturated heterocycles. The third-order valence-corrected chi connectivity index (χ3v) is 3.27. The Kier molecular flexibility index (Phi) is 5.39. The molecule has 0 unspecified atom stereocenters. The van der Waals surface area contributed by atoms with Gasteiger partial charge in [0.25, 0.3) is 0 Å². The molecule has 0 atom stereocenters. The lowest BCUT2D eigenvalue weighted by molar-refractivity contribution is -0.138. The number of methoxy groups -OCH3 is 3. The molecule has 5 heteroatoms. The second-order valence-electron chi connectivity index (χ2n) is 5.25. The zero-order valence-corrected chi connectivity index (χ0v) is 12.6. The van der Waals surface area contributed by atoms with Gasteiger partial charge in [-0.2, -0.15) is 0 Å². The standard InChI is InChI=1S/C15H22O5/c1-15(2,8-14(16)17)10-6-12(19-4)11(9-18-3)13(7-10)20-5/h6-7H,8-9H2,1-5H3,(H,16,17). The molecule has 0 fully saturated rings. The van der Waals surface area contributed by atoms with Crippen molar-refractivity contribution >= 4 is 5.97 Å². The summed E-state index contributed by atoms with van der Waals surface area (Å²) in [4.78, 5) is 11.0. The number of ether oxygens (including phenoxy) is 3. The molecule has 112 valence electrons. The van der Waals surface area contributed by atoms with E-state index in [4.69, 9.17) is 19.3 Å². The quantitative estimate of drug-likeness (QED) is 0.832. The second kappa shape index (κ2) is 6.61. The summed E-state index contributed by atoms with van der Waals surface area (Å²) in [6.45, 7) is 4.13. The molecule has 0 saturated carbocycles. The maximum Gasteiger partial charge on any atom is 0.304 e. The fourth-order valence-electron chi connectivity index (χ4n) is 2.14. The molecule has 0 aliphatic heterocycles. The molecule has 20 heavy (non-hydrogen) atoms. The molecule has 0 heterocycles. The fraction of sp³-hybridized carbons (Fsp3) is 0.533. The minimum absolute atomic E-state index is 0.0307. The molecule has 1 N–H and O–H groups in total. The van der Waals surface area contributed by atoms with Crippen LogP contribution < -0.4 is 9.47 Å². The van der Waals surface area contributed by atoms with E-state index in [9.17, 15) is 4.79 Å². The lowest BCUT2D eigenvalue weighted by atomic mass is 9.81. The van der Waals surface area contributed by atoms with Crippen LogP contribution in [0.4, 0.5) is 0 Å². The Morgan fingerprint density at radius 1 is 1.15 bits per heavy atom. The molecule has 5 nitrogen and oxygen atoms in total. The van der Waals surface area contributed by atoms with Crippen molar-refractivity contribution in [3.05, 3.63) is 23.3 Å². The predicted molar refractivity (Wildman–Crippen MR) is 75.5 cm³/mol. The lowest BCUT2D eigenvalue weighted by Gasteiger charge is -2.25. The SMILES string of the molecule is COCc1c(OC)cc(C(C)(C)CC(=O)O)cc1OC. The summed E-state index contributed by atoms with van der Waals surface area (Å²) < 4.78 is 15.9. The van der Waals surface area contributed by atoms with Crippen molar-refractivity contribution in [2.75, 3.05) is 21.3 Å². The van der Waals surface area contributed by atoms with Gasteiger partial charge in [0.15, 0.2) is 0 Å². The van der Waals surface area contributed by atoms with E-state index >= 15 is 0 Å². The molecule has 0 aliphatic rings. The normalized spacial score (nSPS) is 11.2. The second-order valence-corrected chi connectivity index (χ2v) is 5.25. The maximum atomic E-state index is 11.0. The van der Waals surface area contributed by atoms with E-state index < -0.39 is 11.4 Å². The van der Waals surface area contributed by atoms with Crippen LogP contribution in [0.15, 0.2) is 12.1 Å². The Balaban J connectivity index is 3.32. The fourth-order valence-corrected chi connectivity index (χ4v) is 2.14. The predicted octanol–water partition coefficient (Wildman–Crippen LogP) is 2.60. The van der Waals surface area contributed by atoms with Crippen LogP contribution in [0.5, 0.6) is 11.5 Å². The monoisotopic (exact) mass is 282 g/mol. The zero-order chi connectivity index (χ0) is 15.3. The average molecular weight is 282 g/mol. The first-order valence-electron chi connectivity index (χ1n) is 6.31. The van der Waals surface area contributed by atoms with Crippen LogP contribution in [-0.2, 0) is 21.6 Å². The zero-order valence-electron chi connectivity index (χ0n) is 12.6. The van der Waals surface area contributed by atoms with Crippen LogP contribution in [0.2, 0.25) is 0 Å². The molecule has 1 aromatic carbocycles. The molecule has 0 aromatic heterocycles. The highest BCUT2D eigenvalue weighted by Crippen LogP contribution is 2.37. The van der Waals surface area contributed by atoms with E-state index in [1.807, 2.05) is 26.0 Å². The van der Waals surface area contributed by atoms with Crippen LogP contribution in [0.1, 0.15) is 31.4 Å². The summed E-state index contributed by atoms with van der Waals surface area (Å²) in [5, 5.41) is 9.02. The highest BCUT2D eigenvalue weighted by atomic mass is 16.5. The number of carboxylic acids is 1. The Labute approximate surface area is 119 Å². The third kappa shape index (κ3) is 3.63. The topological polar surface area (TPSA) is 65.0 Å². The van der Waals surface area contributed by atoms with Crippen molar-refractivity contribution in [1.29, 1.82) is 0 Å². The lowest BCUT2D eigenvalue weighted by Crippen LogP contribution is -2.22. The summed E-state index contributed by atoms with van der Waals surface area (Å²) in [7, 11) is 4.74. The van der Waals surface area contributed by atoms with E-state index in [1.54, 1.807) is 21.3 Å². The maximum absolute atomic E-state index is 11.0. The summed E-state index contributed by atoms with van der Waals surface area (Å²) in [6, 6.07) is 3.69. The molecule has 0 aliphatic carbocycles. The molecule has 0 amide bonds. The van der Waals surface area contributed by atoms with E-state index in [-0.39, 0.29) is 6.42 Å². The number of carbonyl (C=O) groups is 1. The summed E-state index contributed by atoms with van der Waals surface area (Å²) >= 11 is 0. The largest absolute Gasteiger partial charge is 0.496 e. The van der Waals surface area contributed by atoms with Gasteiger partial charge in [-0.3, -0.25) is 4.79 Å². The van der Waals surface area contributed by atoms with Gasteiger partial charge in [-0.1, -0.05) is 13.8 Å². The summed E-state index contributed by atoms with van der Waals surface area (Å²) in [5.74, 6) is 0.438. The van der Waals surface area contributed by atoms with Crippen LogP contribution in [0.3, 0.4) is 0 Å². The Hall–Kier alpha value is -1.75. The van der Waals surface area contributed by atoms with Gasteiger partial charge < -0.3 is 19.3 Å². The Morgan fingerprint density at radius 3 is 2.00 bits per heavy atom. The van der Waals surface area contributed by atoms with Gasteiger partial charge in [-0.25, -0.2) is 0 Å². The van der Waals surface area contributed by atoms with Crippen molar-refractivity contribution in [3.63, 3.8) is 0 Å². The van der Waals surface area contributed by atoms with Crippen molar-refractivity contribution in [2.24, 2.45) is 0 Å². The van der Waals surface area contributed by atoms with Gasteiger partial charge in [0.05, 0.1) is 32.8 Å². The van der Waals surface area contributed by atoms with Gasteiger partial charge in [0.1, 0.15) is 11.5 Å². The minimum atomic E-state index is -0.839. The molecule has 0 radical (unpaired) electrons. The van der Waals surface area contributed by atoms with E-state index in [2.05, 4.69) is 0 Å². The first-order chi connectivity index (χ1) is 9.35. The van der Waals surface area contributed by atoms with Crippen molar-refractivity contribution in [2.45, 2.75) is 32.3 Å². The first kappa shape index (κ1) is 16.3. The summed E-state index contributed by atoms with van der Waals surface area (Å²) in [6.07, 6.45) is 0.0307. The minimum Gasteiger partial charge on any atom is -0.496 e. The molecule has 1 aromatic rings. The van der Waals surface area contributed by atoms with Gasteiger partial charge in [-0.05, 0) is 17.7 Å². The molecular formula is C15H22O5. The molecule has 1 rings (SSSR count). The number of aliphatic carboxylic acids is 1. The van der Waals surface area contributed by atoms with E-state index in [0.717, 1.165) is 11.1 Å². The van der Waals surface area contributed by atoms with E-state index in [1.165, 1.54) is 0 Å². The highest BCUT2D eigenvalue weighted by Gasteiger charge is 2.27. The van der Waals surface area contributed by atoms with Gasteiger partial charge in [0.2, 0.25) is 0 Å². The highest BCUT2D eigenvalue weighted by molar-refractivity contribution is 5.69. The number of benzene rings is 1. The van der Waals surface area contributed by atoms with Crippen LogP contribution in [-0.4, -0.2) is 32.4 Å². The summed E-state index contributed by atoms with van der Waals surface area (Å²) in [5.41, 5.74) is 1.15. The molecule has 0 bridgehead atoms. The van der Waals surface area contributed by atoms with Crippen molar-refractivity contribution in [1.82, 2.24) is 0 Å². The molecular weight excluding hydrogens is 260 g/mol. The molecule has 0 spiro atoms. The van der Waals surface area contributed by atoms with E-state index in [0.29, 0.717) is 18.1 Å². The first-order valence-corrected chi connectivity index (χ1v) is 6.31. The number of carboxylic acid groups (broad SMARTS) is 1. The van der Waals surface area contributed by atoms with Crippen molar-refractivity contribution in [3.8, 4) is 11.5 Å². The van der Waals surface area contributed by atoms with Gasteiger partial charge in [0, 0.05) is 12.5 Å². The number of hydrogen-bond donors (Lipinski definition) is 1.